The maximum Gasteiger partial charge on any atom is 0.152 e. The Kier molecular flexibility index (Phi) is 2.37. The second kappa shape index (κ2) is 3.67. The monoisotopic (exact) mass is 204 g/mol. The number of pyridine rings is 1. The zero-order valence-electron chi connectivity index (χ0n) is 7.60. The number of carbonyl (C=O) groups is 1. The number of hydrogen-bond acceptors (Lipinski definition) is 4. The predicted octanol–water partition coefficient (Wildman–Crippen LogP) is 2.33. The van der Waals surface area contributed by atoms with Gasteiger partial charge in [0, 0.05) is 23.5 Å². The molecule has 0 aliphatic rings. The summed E-state index contributed by atoms with van der Waals surface area (Å²) >= 11 is 1.53. The van der Waals surface area contributed by atoms with Gasteiger partial charge >= 0.3 is 0 Å². The Morgan fingerprint density at radius 2 is 2.36 bits per heavy atom. The average Bonchev–Trinajstić information content (AvgIpc) is 2.64. The van der Waals surface area contributed by atoms with E-state index in [0.717, 1.165) is 22.4 Å². The predicted molar refractivity (Wildman–Crippen MR) is 55.5 cm³/mol. The summed E-state index contributed by atoms with van der Waals surface area (Å²) in [4.78, 5) is 19.9. The van der Waals surface area contributed by atoms with Gasteiger partial charge in [0.1, 0.15) is 0 Å². The Bertz CT molecular complexity index is 465. The van der Waals surface area contributed by atoms with E-state index in [1.54, 1.807) is 17.9 Å². The third kappa shape index (κ3) is 1.44. The molecule has 0 aliphatic heterocycles. The molecule has 2 rings (SSSR count). The van der Waals surface area contributed by atoms with Gasteiger partial charge in [-0.15, -0.1) is 11.3 Å². The van der Waals surface area contributed by atoms with Crippen molar-refractivity contribution in [1.82, 2.24) is 9.97 Å². The molecular formula is C10H8N2OS. The first-order chi connectivity index (χ1) is 6.83. The molecule has 0 unspecified atom stereocenters. The van der Waals surface area contributed by atoms with Gasteiger partial charge in [0.05, 0.1) is 16.1 Å². The standard InChI is InChI=1S/C10H8N2OS/c1-7-10(14-6-12-7)9-2-3-11-4-8(9)5-13/h2-6H,1H3. The molecule has 0 aromatic carbocycles. The second-order valence-corrected chi connectivity index (χ2v) is 3.70. The van der Waals surface area contributed by atoms with Crippen molar-refractivity contribution in [1.29, 1.82) is 0 Å². The van der Waals surface area contributed by atoms with Crippen molar-refractivity contribution in [3.8, 4) is 10.4 Å². The summed E-state index contributed by atoms with van der Waals surface area (Å²) in [6.07, 6.45) is 4.07. The number of rotatable bonds is 2. The summed E-state index contributed by atoms with van der Waals surface area (Å²) in [6.45, 7) is 1.93. The zero-order chi connectivity index (χ0) is 9.97. The molecule has 0 amide bonds. The first kappa shape index (κ1) is 9.02. The van der Waals surface area contributed by atoms with E-state index in [2.05, 4.69) is 9.97 Å². The van der Waals surface area contributed by atoms with Crippen molar-refractivity contribution in [2.45, 2.75) is 6.92 Å². The lowest BCUT2D eigenvalue weighted by atomic mass is 10.1. The largest absolute Gasteiger partial charge is 0.298 e. The van der Waals surface area contributed by atoms with E-state index in [4.69, 9.17) is 0 Å². The van der Waals surface area contributed by atoms with E-state index in [1.165, 1.54) is 11.3 Å². The molecule has 0 aliphatic carbocycles. The lowest BCUT2D eigenvalue weighted by molar-refractivity contribution is 0.112. The van der Waals surface area contributed by atoms with Crippen molar-refractivity contribution in [2.24, 2.45) is 0 Å². The van der Waals surface area contributed by atoms with Crippen LogP contribution in [0.5, 0.6) is 0 Å². The average molecular weight is 204 g/mol. The van der Waals surface area contributed by atoms with Crippen LogP contribution < -0.4 is 0 Å². The first-order valence-corrected chi connectivity index (χ1v) is 5.00. The van der Waals surface area contributed by atoms with E-state index in [0.29, 0.717) is 5.56 Å². The fourth-order valence-corrected chi connectivity index (χ4v) is 2.12. The minimum absolute atomic E-state index is 0.611. The summed E-state index contributed by atoms with van der Waals surface area (Å²) in [5.74, 6) is 0. The molecule has 2 heterocycles. The fourth-order valence-electron chi connectivity index (χ4n) is 1.27. The molecule has 0 saturated heterocycles. The molecule has 2 aromatic heterocycles. The van der Waals surface area contributed by atoms with Crippen LogP contribution in [0.1, 0.15) is 16.1 Å². The highest BCUT2D eigenvalue weighted by Gasteiger charge is 2.08. The molecule has 0 radical (unpaired) electrons. The van der Waals surface area contributed by atoms with Crippen LogP contribution >= 0.6 is 11.3 Å². The van der Waals surface area contributed by atoms with E-state index in [-0.39, 0.29) is 0 Å². The van der Waals surface area contributed by atoms with Crippen LogP contribution in [0.2, 0.25) is 0 Å². The molecule has 0 fully saturated rings. The lowest BCUT2D eigenvalue weighted by Gasteiger charge is -2.00. The topological polar surface area (TPSA) is 42.9 Å². The number of aromatic nitrogens is 2. The molecular weight excluding hydrogens is 196 g/mol. The van der Waals surface area contributed by atoms with Crippen LogP contribution in [-0.4, -0.2) is 16.3 Å². The quantitative estimate of drug-likeness (QED) is 0.705. The van der Waals surface area contributed by atoms with E-state index in [9.17, 15) is 4.79 Å². The number of carbonyl (C=O) groups excluding carboxylic acids is 1. The van der Waals surface area contributed by atoms with Crippen molar-refractivity contribution in [2.75, 3.05) is 0 Å². The van der Waals surface area contributed by atoms with Gasteiger partial charge in [-0.2, -0.15) is 0 Å². The molecule has 70 valence electrons. The third-order valence-corrected chi connectivity index (χ3v) is 2.93. The van der Waals surface area contributed by atoms with Crippen LogP contribution in [0, 0.1) is 6.92 Å². The number of aryl methyl sites for hydroxylation is 1. The van der Waals surface area contributed by atoms with Crippen LogP contribution in [0.15, 0.2) is 24.0 Å². The SMILES string of the molecule is Cc1ncsc1-c1ccncc1C=O. The summed E-state index contributed by atoms with van der Waals surface area (Å²) < 4.78 is 0. The molecule has 14 heavy (non-hydrogen) atoms. The molecule has 0 saturated carbocycles. The maximum absolute atomic E-state index is 10.8. The minimum atomic E-state index is 0.611. The molecule has 0 bridgehead atoms. The minimum Gasteiger partial charge on any atom is -0.298 e. The van der Waals surface area contributed by atoms with Gasteiger partial charge in [-0.25, -0.2) is 4.98 Å². The van der Waals surface area contributed by atoms with Gasteiger partial charge in [-0.1, -0.05) is 0 Å². The Morgan fingerprint density at radius 3 is 3.00 bits per heavy atom. The number of nitrogens with zero attached hydrogens (tertiary/aromatic N) is 2. The van der Waals surface area contributed by atoms with E-state index < -0.39 is 0 Å². The number of thiazole rings is 1. The lowest BCUT2D eigenvalue weighted by Crippen LogP contribution is -1.88. The molecule has 3 nitrogen and oxygen atoms in total. The highest BCUT2D eigenvalue weighted by Crippen LogP contribution is 2.28. The van der Waals surface area contributed by atoms with Crippen molar-refractivity contribution in [3.63, 3.8) is 0 Å². The molecule has 4 heteroatoms. The molecule has 0 atom stereocenters. The normalized spacial score (nSPS) is 10.1. The number of hydrogen-bond donors (Lipinski definition) is 0. The van der Waals surface area contributed by atoms with E-state index in [1.807, 2.05) is 13.0 Å². The van der Waals surface area contributed by atoms with Crippen LogP contribution in [-0.2, 0) is 0 Å². The van der Waals surface area contributed by atoms with Crippen LogP contribution in [0.25, 0.3) is 10.4 Å². The Morgan fingerprint density at radius 1 is 1.50 bits per heavy atom. The Labute approximate surface area is 85.5 Å². The van der Waals surface area contributed by atoms with Crippen molar-refractivity contribution >= 4 is 17.6 Å². The second-order valence-electron chi connectivity index (χ2n) is 2.85. The summed E-state index contributed by atoms with van der Waals surface area (Å²) in [5.41, 5.74) is 4.25. The highest BCUT2D eigenvalue weighted by molar-refractivity contribution is 7.13. The Balaban J connectivity index is 2.62. The molecule has 0 spiro atoms. The van der Waals surface area contributed by atoms with Gasteiger partial charge in [0.25, 0.3) is 0 Å². The Hall–Kier alpha value is -1.55. The van der Waals surface area contributed by atoms with Crippen molar-refractivity contribution in [3.05, 3.63) is 35.2 Å². The van der Waals surface area contributed by atoms with Gasteiger partial charge in [-0.3, -0.25) is 9.78 Å². The van der Waals surface area contributed by atoms with Crippen molar-refractivity contribution < 1.29 is 4.79 Å². The summed E-state index contributed by atoms with van der Waals surface area (Å²) in [5, 5.41) is 0. The smallest absolute Gasteiger partial charge is 0.152 e. The van der Waals surface area contributed by atoms with Gasteiger partial charge in [0.15, 0.2) is 6.29 Å². The van der Waals surface area contributed by atoms with Gasteiger partial charge < -0.3 is 0 Å². The molecule has 2 aromatic rings. The zero-order valence-corrected chi connectivity index (χ0v) is 8.41. The molecule has 0 N–H and O–H groups in total. The third-order valence-electron chi connectivity index (χ3n) is 1.97. The highest BCUT2D eigenvalue weighted by atomic mass is 32.1. The maximum atomic E-state index is 10.8. The van der Waals surface area contributed by atoms with Crippen LogP contribution in [0.3, 0.4) is 0 Å². The first-order valence-electron chi connectivity index (χ1n) is 4.12. The van der Waals surface area contributed by atoms with Crippen LogP contribution in [0.4, 0.5) is 0 Å². The fraction of sp³-hybridized carbons (Fsp3) is 0.100. The van der Waals surface area contributed by atoms with E-state index >= 15 is 0 Å². The van der Waals surface area contributed by atoms with Gasteiger partial charge in [0.2, 0.25) is 0 Å². The van der Waals surface area contributed by atoms with Gasteiger partial charge in [-0.05, 0) is 13.0 Å². The summed E-state index contributed by atoms with van der Waals surface area (Å²) in [7, 11) is 0. The summed E-state index contributed by atoms with van der Waals surface area (Å²) in [6, 6.07) is 1.84. The number of aldehydes is 1.